The van der Waals surface area contributed by atoms with Crippen LogP contribution in [0.3, 0.4) is 0 Å². The Kier molecular flexibility index (Phi) is 2.12. The summed E-state index contributed by atoms with van der Waals surface area (Å²) >= 11 is 0. The van der Waals surface area contributed by atoms with Crippen molar-refractivity contribution in [2.45, 2.75) is 12.8 Å². The monoisotopic (exact) mass is 157 g/mol. The standard InChI is InChI=1S/C7H11NO3/c1-8-6(9)4-2-3-5(4)7(10)11/h4-5H,2-3H2,1H3,(H,8,9)(H,10,11)/t4-,5+/m0/s1. The minimum absolute atomic E-state index is 0.149. The summed E-state index contributed by atoms with van der Waals surface area (Å²) in [5.41, 5.74) is 0. The molecular weight excluding hydrogens is 146 g/mol. The molecule has 1 saturated carbocycles. The summed E-state index contributed by atoms with van der Waals surface area (Å²) in [6.07, 6.45) is 1.34. The summed E-state index contributed by atoms with van der Waals surface area (Å²) in [5.74, 6) is -1.75. The van der Waals surface area contributed by atoms with Crippen molar-refractivity contribution in [3.8, 4) is 0 Å². The van der Waals surface area contributed by atoms with Crippen molar-refractivity contribution < 1.29 is 14.7 Å². The highest BCUT2D eigenvalue weighted by atomic mass is 16.4. The molecule has 4 nitrogen and oxygen atoms in total. The number of carboxylic acids is 1. The molecule has 0 aromatic rings. The van der Waals surface area contributed by atoms with Gasteiger partial charge in [0.05, 0.1) is 11.8 Å². The predicted molar refractivity (Wildman–Crippen MR) is 37.9 cm³/mol. The van der Waals surface area contributed by atoms with Crippen LogP contribution in [0.25, 0.3) is 0 Å². The van der Waals surface area contributed by atoms with Crippen LogP contribution in [0.5, 0.6) is 0 Å². The van der Waals surface area contributed by atoms with E-state index < -0.39 is 11.9 Å². The minimum Gasteiger partial charge on any atom is -0.481 e. The molecule has 1 rings (SSSR count). The SMILES string of the molecule is CNC(=O)[C@H]1CC[C@H]1C(=O)O. The number of carboxylic acid groups (broad SMARTS) is 1. The van der Waals surface area contributed by atoms with E-state index in [9.17, 15) is 9.59 Å². The van der Waals surface area contributed by atoms with E-state index in [1.165, 1.54) is 7.05 Å². The van der Waals surface area contributed by atoms with Crippen LogP contribution in [0.4, 0.5) is 0 Å². The molecule has 11 heavy (non-hydrogen) atoms. The Morgan fingerprint density at radius 2 is 1.91 bits per heavy atom. The summed E-state index contributed by atoms with van der Waals surface area (Å²) in [5, 5.41) is 11.0. The van der Waals surface area contributed by atoms with Gasteiger partial charge in [0.1, 0.15) is 0 Å². The van der Waals surface area contributed by atoms with Crippen LogP contribution in [0.2, 0.25) is 0 Å². The van der Waals surface area contributed by atoms with Gasteiger partial charge in [-0.2, -0.15) is 0 Å². The zero-order valence-corrected chi connectivity index (χ0v) is 6.33. The Labute approximate surface area is 64.6 Å². The third-order valence-electron chi connectivity index (χ3n) is 2.17. The van der Waals surface area contributed by atoms with E-state index in [-0.39, 0.29) is 11.8 Å². The fourth-order valence-corrected chi connectivity index (χ4v) is 1.29. The number of rotatable bonds is 2. The molecule has 0 aromatic carbocycles. The average molecular weight is 157 g/mol. The number of hydrogen-bond acceptors (Lipinski definition) is 2. The van der Waals surface area contributed by atoms with Gasteiger partial charge in [-0.15, -0.1) is 0 Å². The van der Waals surface area contributed by atoms with E-state index in [1.54, 1.807) is 0 Å². The lowest BCUT2D eigenvalue weighted by Gasteiger charge is -2.31. The molecule has 0 saturated heterocycles. The highest BCUT2D eigenvalue weighted by Crippen LogP contribution is 2.34. The molecule has 0 bridgehead atoms. The van der Waals surface area contributed by atoms with Crippen molar-refractivity contribution in [1.29, 1.82) is 0 Å². The van der Waals surface area contributed by atoms with Crippen LogP contribution in [-0.2, 0) is 9.59 Å². The third-order valence-corrected chi connectivity index (χ3v) is 2.17. The summed E-state index contributed by atoms with van der Waals surface area (Å²) in [6, 6.07) is 0. The van der Waals surface area contributed by atoms with Gasteiger partial charge in [-0.05, 0) is 12.8 Å². The van der Waals surface area contributed by atoms with Crippen molar-refractivity contribution in [2.24, 2.45) is 11.8 Å². The minimum atomic E-state index is -0.857. The maximum absolute atomic E-state index is 10.9. The molecule has 2 atom stereocenters. The third kappa shape index (κ3) is 1.34. The first-order valence-corrected chi connectivity index (χ1v) is 3.61. The molecule has 1 aliphatic carbocycles. The lowest BCUT2D eigenvalue weighted by Crippen LogP contribution is -2.42. The normalized spacial score (nSPS) is 28.8. The molecule has 1 aliphatic rings. The summed E-state index contributed by atoms with van der Waals surface area (Å²) in [6.45, 7) is 0. The first-order chi connectivity index (χ1) is 5.16. The van der Waals surface area contributed by atoms with Crippen LogP contribution >= 0.6 is 0 Å². The van der Waals surface area contributed by atoms with E-state index in [2.05, 4.69) is 5.32 Å². The Bertz CT molecular complexity index is 190. The molecule has 62 valence electrons. The fourth-order valence-electron chi connectivity index (χ4n) is 1.29. The van der Waals surface area contributed by atoms with Gasteiger partial charge in [-0.1, -0.05) is 0 Å². The second-order valence-electron chi connectivity index (χ2n) is 2.74. The summed E-state index contributed by atoms with van der Waals surface area (Å²) in [7, 11) is 1.53. The molecule has 0 aliphatic heterocycles. The molecule has 0 aromatic heterocycles. The smallest absolute Gasteiger partial charge is 0.307 e. The van der Waals surface area contributed by atoms with E-state index in [0.29, 0.717) is 12.8 Å². The van der Waals surface area contributed by atoms with Crippen molar-refractivity contribution in [2.75, 3.05) is 7.05 Å². The van der Waals surface area contributed by atoms with Crippen LogP contribution < -0.4 is 5.32 Å². The predicted octanol–water partition coefficient (Wildman–Crippen LogP) is -0.157. The number of amides is 1. The van der Waals surface area contributed by atoms with Gasteiger partial charge in [0.15, 0.2) is 0 Å². The second kappa shape index (κ2) is 2.90. The molecule has 1 fully saturated rings. The maximum Gasteiger partial charge on any atom is 0.307 e. The zero-order valence-electron chi connectivity index (χ0n) is 6.33. The first kappa shape index (κ1) is 8.04. The summed E-state index contributed by atoms with van der Waals surface area (Å²) in [4.78, 5) is 21.4. The highest BCUT2D eigenvalue weighted by molar-refractivity contribution is 5.86. The number of carbonyl (C=O) groups is 2. The number of hydrogen-bond donors (Lipinski definition) is 2. The largest absolute Gasteiger partial charge is 0.481 e. The maximum atomic E-state index is 10.9. The molecule has 0 radical (unpaired) electrons. The van der Waals surface area contributed by atoms with Crippen LogP contribution in [0, 0.1) is 11.8 Å². The Balaban J connectivity index is 2.49. The van der Waals surface area contributed by atoms with Gasteiger partial charge in [0.2, 0.25) is 5.91 Å². The van der Waals surface area contributed by atoms with Gasteiger partial charge in [-0.25, -0.2) is 0 Å². The van der Waals surface area contributed by atoms with Crippen molar-refractivity contribution in [1.82, 2.24) is 5.32 Å². The zero-order chi connectivity index (χ0) is 8.43. The van der Waals surface area contributed by atoms with Crippen LogP contribution in [-0.4, -0.2) is 24.0 Å². The van der Waals surface area contributed by atoms with E-state index in [4.69, 9.17) is 5.11 Å². The Morgan fingerprint density at radius 1 is 1.36 bits per heavy atom. The topological polar surface area (TPSA) is 66.4 Å². The van der Waals surface area contributed by atoms with Crippen molar-refractivity contribution in [3.63, 3.8) is 0 Å². The number of aliphatic carboxylic acids is 1. The van der Waals surface area contributed by atoms with Gasteiger partial charge in [0.25, 0.3) is 0 Å². The molecule has 1 amide bonds. The van der Waals surface area contributed by atoms with E-state index in [1.807, 2.05) is 0 Å². The Morgan fingerprint density at radius 3 is 2.18 bits per heavy atom. The fraction of sp³-hybridized carbons (Fsp3) is 0.714. The molecule has 0 heterocycles. The molecule has 0 unspecified atom stereocenters. The van der Waals surface area contributed by atoms with Crippen LogP contribution in [0.1, 0.15) is 12.8 Å². The van der Waals surface area contributed by atoms with Crippen molar-refractivity contribution >= 4 is 11.9 Å². The Hall–Kier alpha value is -1.06. The van der Waals surface area contributed by atoms with Gasteiger partial charge in [0, 0.05) is 7.05 Å². The lowest BCUT2D eigenvalue weighted by atomic mass is 9.73. The lowest BCUT2D eigenvalue weighted by molar-refractivity contribution is -0.152. The van der Waals surface area contributed by atoms with Gasteiger partial charge >= 0.3 is 5.97 Å². The molecule has 0 spiro atoms. The number of nitrogens with one attached hydrogen (secondary N) is 1. The van der Waals surface area contributed by atoms with Crippen LogP contribution in [0.15, 0.2) is 0 Å². The average Bonchev–Trinajstić information content (AvgIpc) is 1.83. The molecule has 2 N–H and O–H groups in total. The highest BCUT2D eigenvalue weighted by Gasteiger charge is 2.40. The quantitative estimate of drug-likeness (QED) is 0.585. The van der Waals surface area contributed by atoms with Gasteiger partial charge in [-0.3, -0.25) is 9.59 Å². The number of carbonyl (C=O) groups excluding carboxylic acids is 1. The van der Waals surface area contributed by atoms with E-state index in [0.717, 1.165) is 0 Å². The first-order valence-electron chi connectivity index (χ1n) is 3.61. The second-order valence-corrected chi connectivity index (χ2v) is 2.74. The van der Waals surface area contributed by atoms with Crippen molar-refractivity contribution in [3.05, 3.63) is 0 Å². The molecular formula is C7H11NO3. The van der Waals surface area contributed by atoms with Gasteiger partial charge < -0.3 is 10.4 Å². The van der Waals surface area contributed by atoms with E-state index >= 15 is 0 Å². The summed E-state index contributed by atoms with van der Waals surface area (Å²) < 4.78 is 0. The molecule has 4 heteroatoms.